The minimum absolute atomic E-state index is 0.00661. The van der Waals surface area contributed by atoms with Crippen molar-refractivity contribution in [3.63, 3.8) is 0 Å². The van der Waals surface area contributed by atoms with Crippen molar-refractivity contribution in [3.05, 3.63) is 59.2 Å². The number of amides is 1. The average molecular weight is 317 g/mol. The Balaban J connectivity index is 1.93. The molecule has 0 aromatic heterocycles. The van der Waals surface area contributed by atoms with Crippen LogP contribution in [0.25, 0.3) is 0 Å². The predicted octanol–water partition coefficient (Wildman–Crippen LogP) is 4.19. The summed E-state index contributed by atoms with van der Waals surface area (Å²) in [5, 5.41) is 0. The lowest BCUT2D eigenvalue weighted by atomic mass is 9.97. The molecule has 1 heterocycles. The van der Waals surface area contributed by atoms with E-state index in [9.17, 15) is 13.6 Å². The van der Waals surface area contributed by atoms with E-state index in [0.717, 1.165) is 29.7 Å². The Labute approximate surface area is 133 Å². The molecule has 1 aliphatic rings. The number of para-hydroxylation sites is 1. The summed E-state index contributed by atoms with van der Waals surface area (Å²) in [7, 11) is 0. The fourth-order valence-corrected chi connectivity index (χ4v) is 3.01. The SMILES string of the molecule is Cc1cccc2c1N(C(=O)c1cccc(OC(F)F)c1)CCC2. The Morgan fingerprint density at radius 1 is 1.22 bits per heavy atom. The number of hydrogen-bond acceptors (Lipinski definition) is 2. The van der Waals surface area contributed by atoms with Crippen molar-refractivity contribution in [3.8, 4) is 5.75 Å². The van der Waals surface area contributed by atoms with Gasteiger partial charge in [0.25, 0.3) is 5.91 Å². The first-order chi connectivity index (χ1) is 11.1. The minimum Gasteiger partial charge on any atom is -0.435 e. The van der Waals surface area contributed by atoms with Crippen LogP contribution >= 0.6 is 0 Å². The number of fused-ring (bicyclic) bond motifs is 1. The number of carbonyl (C=O) groups excluding carboxylic acids is 1. The fraction of sp³-hybridized carbons (Fsp3) is 0.278. The molecule has 1 amide bonds. The molecule has 23 heavy (non-hydrogen) atoms. The highest BCUT2D eigenvalue weighted by molar-refractivity contribution is 6.07. The lowest BCUT2D eigenvalue weighted by molar-refractivity contribution is -0.0498. The van der Waals surface area contributed by atoms with Crippen LogP contribution in [0.4, 0.5) is 14.5 Å². The van der Waals surface area contributed by atoms with Crippen molar-refractivity contribution in [2.45, 2.75) is 26.4 Å². The Morgan fingerprint density at radius 3 is 2.78 bits per heavy atom. The molecule has 0 unspecified atom stereocenters. The molecule has 1 aliphatic heterocycles. The van der Waals surface area contributed by atoms with Crippen LogP contribution in [-0.2, 0) is 6.42 Å². The van der Waals surface area contributed by atoms with Gasteiger partial charge in [0.1, 0.15) is 5.75 Å². The number of hydrogen-bond donors (Lipinski definition) is 0. The lowest BCUT2D eigenvalue weighted by Gasteiger charge is -2.31. The standard InChI is InChI=1S/C18H17F2NO2/c1-12-5-2-6-13-8-4-10-21(16(12)13)17(22)14-7-3-9-15(11-14)23-18(19)20/h2-3,5-7,9,11,18H,4,8,10H2,1H3. The highest BCUT2D eigenvalue weighted by Crippen LogP contribution is 2.32. The molecule has 0 atom stereocenters. The Kier molecular flexibility index (Phi) is 4.28. The second kappa shape index (κ2) is 6.36. The van der Waals surface area contributed by atoms with E-state index < -0.39 is 6.61 Å². The summed E-state index contributed by atoms with van der Waals surface area (Å²) in [6.07, 6.45) is 1.82. The van der Waals surface area contributed by atoms with E-state index in [2.05, 4.69) is 4.74 Å². The number of benzene rings is 2. The van der Waals surface area contributed by atoms with Gasteiger partial charge < -0.3 is 9.64 Å². The maximum Gasteiger partial charge on any atom is 0.387 e. The number of alkyl halides is 2. The van der Waals surface area contributed by atoms with Crippen LogP contribution in [-0.4, -0.2) is 19.1 Å². The number of nitrogens with zero attached hydrogens (tertiary/aromatic N) is 1. The van der Waals surface area contributed by atoms with Crippen molar-refractivity contribution in [2.24, 2.45) is 0 Å². The van der Waals surface area contributed by atoms with Crippen LogP contribution in [0.5, 0.6) is 5.75 Å². The summed E-state index contributed by atoms with van der Waals surface area (Å²) in [6.45, 7) is -0.310. The van der Waals surface area contributed by atoms with Crippen LogP contribution in [0.15, 0.2) is 42.5 Å². The summed E-state index contributed by atoms with van der Waals surface area (Å²) >= 11 is 0. The molecule has 3 nitrogen and oxygen atoms in total. The van der Waals surface area contributed by atoms with Crippen LogP contribution in [0, 0.1) is 6.92 Å². The van der Waals surface area contributed by atoms with Gasteiger partial charge in [-0.05, 0) is 49.1 Å². The molecule has 5 heteroatoms. The molecule has 0 fully saturated rings. The van der Waals surface area contributed by atoms with Gasteiger partial charge in [-0.1, -0.05) is 24.3 Å². The summed E-state index contributed by atoms with van der Waals surface area (Å²) in [4.78, 5) is 14.6. The number of halogens is 2. The first-order valence-corrected chi connectivity index (χ1v) is 7.51. The van der Waals surface area contributed by atoms with E-state index in [-0.39, 0.29) is 11.7 Å². The van der Waals surface area contributed by atoms with Gasteiger partial charge in [0, 0.05) is 12.1 Å². The molecule has 2 aromatic rings. The predicted molar refractivity (Wildman–Crippen MR) is 84.3 cm³/mol. The van der Waals surface area contributed by atoms with Gasteiger partial charge in [0.05, 0.1) is 5.69 Å². The van der Waals surface area contributed by atoms with Crippen molar-refractivity contribution in [1.82, 2.24) is 0 Å². The highest BCUT2D eigenvalue weighted by atomic mass is 19.3. The molecule has 0 N–H and O–H groups in total. The van der Waals surface area contributed by atoms with Crippen LogP contribution in [0.1, 0.15) is 27.9 Å². The van der Waals surface area contributed by atoms with Gasteiger partial charge in [-0.15, -0.1) is 0 Å². The maximum atomic E-state index is 12.8. The summed E-state index contributed by atoms with van der Waals surface area (Å²) < 4.78 is 29.1. The second-order valence-corrected chi connectivity index (χ2v) is 5.55. The molecule has 0 bridgehead atoms. The normalized spacial score (nSPS) is 13.8. The molecule has 2 aromatic carbocycles. The quantitative estimate of drug-likeness (QED) is 0.849. The number of ether oxygens (including phenoxy) is 1. The molecule has 0 saturated heterocycles. The van der Waals surface area contributed by atoms with E-state index in [1.807, 2.05) is 25.1 Å². The monoisotopic (exact) mass is 317 g/mol. The molecular weight excluding hydrogens is 300 g/mol. The Hall–Kier alpha value is -2.43. The summed E-state index contributed by atoms with van der Waals surface area (Å²) in [5.41, 5.74) is 3.46. The van der Waals surface area contributed by atoms with Crippen LogP contribution in [0.3, 0.4) is 0 Å². The van der Waals surface area contributed by atoms with E-state index in [1.165, 1.54) is 12.1 Å². The molecule has 0 spiro atoms. The summed E-state index contributed by atoms with van der Waals surface area (Å²) in [5.74, 6) is -0.201. The third kappa shape index (κ3) is 3.18. The van der Waals surface area contributed by atoms with Gasteiger partial charge in [0.15, 0.2) is 0 Å². The zero-order valence-electron chi connectivity index (χ0n) is 12.8. The van der Waals surface area contributed by atoms with Gasteiger partial charge in [-0.2, -0.15) is 8.78 Å². The zero-order chi connectivity index (χ0) is 16.4. The van der Waals surface area contributed by atoms with E-state index in [4.69, 9.17) is 0 Å². The number of rotatable bonds is 3. The van der Waals surface area contributed by atoms with Gasteiger partial charge in [-0.25, -0.2) is 0 Å². The van der Waals surface area contributed by atoms with Gasteiger partial charge in [0.2, 0.25) is 0 Å². The average Bonchev–Trinajstić information content (AvgIpc) is 2.53. The minimum atomic E-state index is -2.90. The van der Waals surface area contributed by atoms with Crippen molar-refractivity contribution in [1.29, 1.82) is 0 Å². The lowest BCUT2D eigenvalue weighted by Crippen LogP contribution is -2.36. The second-order valence-electron chi connectivity index (χ2n) is 5.55. The van der Waals surface area contributed by atoms with E-state index in [1.54, 1.807) is 17.0 Å². The molecule has 0 radical (unpaired) electrons. The summed E-state index contributed by atoms with van der Waals surface area (Å²) in [6, 6.07) is 11.9. The van der Waals surface area contributed by atoms with Gasteiger partial charge >= 0.3 is 6.61 Å². The first-order valence-electron chi connectivity index (χ1n) is 7.51. The fourth-order valence-electron chi connectivity index (χ4n) is 3.01. The largest absolute Gasteiger partial charge is 0.435 e. The molecule has 0 saturated carbocycles. The van der Waals surface area contributed by atoms with Crippen molar-refractivity contribution >= 4 is 11.6 Å². The van der Waals surface area contributed by atoms with Crippen LogP contribution < -0.4 is 9.64 Å². The van der Waals surface area contributed by atoms with Crippen molar-refractivity contribution in [2.75, 3.05) is 11.4 Å². The van der Waals surface area contributed by atoms with E-state index >= 15 is 0 Å². The van der Waals surface area contributed by atoms with Crippen molar-refractivity contribution < 1.29 is 18.3 Å². The maximum absolute atomic E-state index is 12.8. The van der Waals surface area contributed by atoms with Crippen LogP contribution in [0.2, 0.25) is 0 Å². The zero-order valence-corrected chi connectivity index (χ0v) is 12.8. The molecule has 120 valence electrons. The Bertz CT molecular complexity index is 731. The number of anilines is 1. The third-order valence-electron chi connectivity index (χ3n) is 3.97. The van der Waals surface area contributed by atoms with E-state index in [0.29, 0.717) is 12.1 Å². The highest BCUT2D eigenvalue weighted by Gasteiger charge is 2.25. The number of aryl methyl sites for hydroxylation is 2. The Morgan fingerprint density at radius 2 is 2.00 bits per heavy atom. The smallest absolute Gasteiger partial charge is 0.387 e. The molecule has 3 rings (SSSR count). The third-order valence-corrected chi connectivity index (χ3v) is 3.97. The topological polar surface area (TPSA) is 29.5 Å². The first kappa shape index (κ1) is 15.5. The molecule has 0 aliphatic carbocycles. The number of carbonyl (C=O) groups is 1. The molecular formula is C18H17F2NO2. The van der Waals surface area contributed by atoms with Gasteiger partial charge in [-0.3, -0.25) is 4.79 Å².